The third-order valence-electron chi connectivity index (χ3n) is 5.39. The molecule has 0 bridgehead atoms. The van der Waals surface area contributed by atoms with Crippen LogP contribution in [0.3, 0.4) is 0 Å². The maximum absolute atomic E-state index is 13.1. The lowest BCUT2D eigenvalue weighted by Crippen LogP contribution is -2.20. The minimum absolute atomic E-state index is 0.227. The minimum Gasteiger partial charge on any atom is -0.396 e. The normalized spacial score (nSPS) is 19.6. The summed E-state index contributed by atoms with van der Waals surface area (Å²) in [7, 11) is 0. The topological polar surface area (TPSA) is 92.9 Å². The molecule has 0 aromatic carbocycles. The Hall–Kier alpha value is -2.94. The van der Waals surface area contributed by atoms with Crippen LogP contribution >= 0.6 is 0 Å². The summed E-state index contributed by atoms with van der Waals surface area (Å²) in [6.45, 7) is 0.227. The Bertz CT molecular complexity index is 1020. The molecule has 4 rings (SSSR count). The number of alkyl halides is 2. The highest BCUT2D eigenvalue weighted by atomic mass is 19.3. The molecule has 0 saturated heterocycles. The molecule has 7 nitrogen and oxygen atoms in total. The molecular formula is C20H21F2N5O2. The number of carbonyl (C=O) groups excluding carboxylic acids is 1. The van der Waals surface area contributed by atoms with E-state index in [1.165, 1.54) is 18.3 Å². The molecular weight excluding hydrogens is 380 g/mol. The van der Waals surface area contributed by atoms with Gasteiger partial charge in [-0.3, -0.25) is 14.5 Å². The molecule has 3 aromatic heterocycles. The number of hydrogen-bond donors (Lipinski definition) is 2. The van der Waals surface area contributed by atoms with Crippen LogP contribution in [0.5, 0.6) is 0 Å². The Morgan fingerprint density at radius 1 is 1.28 bits per heavy atom. The lowest BCUT2D eigenvalue weighted by Gasteiger charge is -2.27. The molecule has 0 aliphatic heterocycles. The van der Waals surface area contributed by atoms with Crippen molar-refractivity contribution < 1.29 is 18.7 Å². The number of aliphatic hydroxyl groups is 1. The Morgan fingerprint density at radius 3 is 2.79 bits per heavy atom. The van der Waals surface area contributed by atoms with Gasteiger partial charge in [0.15, 0.2) is 0 Å². The molecule has 1 aliphatic rings. The van der Waals surface area contributed by atoms with Crippen LogP contribution in [0.25, 0.3) is 10.9 Å². The van der Waals surface area contributed by atoms with Gasteiger partial charge in [0.2, 0.25) is 0 Å². The van der Waals surface area contributed by atoms with E-state index in [4.69, 9.17) is 0 Å². The molecule has 0 spiro atoms. The van der Waals surface area contributed by atoms with Crippen LogP contribution in [0.4, 0.5) is 14.6 Å². The van der Waals surface area contributed by atoms with Gasteiger partial charge in [0.05, 0.1) is 12.2 Å². The molecule has 0 atom stereocenters. The van der Waals surface area contributed by atoms with E-state index in [0.29, 0.717) is 11.4 Å². The van der Waals surface area contributed by atoms with Gasteiger partial charge in [-0.25, -0.2) is 13.8 Å². The first kappa shape index (κ1) is 19.4. The fourth-order valence-corrected chi connectivity index (χ4v) is 3.75. The summed E-state index contributed by atoms with van der Waals surface area (Å²) >= 11 is 0. The Morgan fingerprint density at radius 2 is 2.07 bits per heavy atom. The number of carbonyl (C=O) groups is 1. The van der Waals surface area contributed by atoms with Crippen molar-refractivity contribution in [1.82, 2.24) is 19.7 Å². The summed E-state index contributed by atoms with van der Waals surface area (Å²) in [6.07, 6.45) is 5.79. The van der Waals surface area contributed by atoms with E-state index in [0.717, 1.165) is 31.1 Å². The molecule has 3 aromatic rings. The first-order chi connectivity index (χ1) is 14.0. The van der Waals surface area contributed by atoms with Crippen LogP contribution in [-0.2, 0) is 0 Å². The lowest BCUT2D eigenvalue weighted by molar-refractivity contribution is 0.100. The molecule has 2 N–H and O–H groups in total. The summed E-state index contributed by atoms with van der Waals surface area (Å²) in [6, 6.07) is 4.48. The second-order valence-corrected chi connectivity index (χ2v) is 7.29. The van der Waals surface area contributed by atoms with E-state index in [2.05, 4.69) is 20.4 Å². The largest absolute Gasteiger partial charge is 0.396 e. The summed E-state index contributed by atoms with van der Waals surface area (Å²) in [4.78, 5) is 20.4. The molecule has 152 valence electrons. The van der Waals surface area contributed by atoms with Crippen molar-refractivity contribution in [2.45, 2.75) is 38.2 Å². The van der Waals surface area contributed by atoms with E-state index >= 15 is 0 Å². The number of aliphatic hydroxyl groups excluding tert-OH is 1. The van der Waals surface area contributed by atoms with Gasteiger partial charge >= 0.3 is 0 Å². The van der Waals surface area contributed by atoms with Gasteiger partial charge in [-0.05, 0) is 49.8 Å². The molecule has 1 fully saturated rings. The molecule has 1 aliphatic carbocycles. The van der Waals surface area contributed by atoms with E-state index < -0.39 is 17.9 Å². The van der Waals surface area contributed by atoms with Gasteiger partial charge < -0.3 is 10.4 Å². The summed E-state index contributed by atoms with van der Waals surface area (Å²) in [5.41, 5.74) is -0.0449. The SMILES string of the molecule is O=C(Nc1cc2cn(C3CCC(CO)CC3)nc2cn1)c1ncccc1C(F)F. The second-order valence-electron chi connectivity index (χ2n) is 7.29. The Labute approximate surface area is 165 Å². The van der Waals surface area contributed by atoms with Crippen LogP contribution in [0.2, 0.25) is 0 Å². The minimum atomic E-state index is -2.79. The zero-order chi connectivity index (χ0) is 20.4. The number of halogens is 2. The number of nitrogens with one attached hydrogen (secondary N) is 1. The highest BCUT2D eigenvalue weighted by molar-refractivity contribution is 6.04. The smallest absolute Gasteiger partial charge is 0.275 e. The van der Waals surface area contributed by atoms with Crippen molar-refractivity contribution >= 4 is 22.6 Å². The molecule has 1 amide bonds. The number of rotatable bonds is 5. The molecule has 29 heavy (non-hydrogen) atoms. The standard InChI is InChI=1S/C20H21F2N5O2/c21-19(22)15-2-1-7-23-18(15)20(29)25-17-8-13-10-27(26-16(13)9-24-17)14-5-3-12(11-28)4-6-14/h1-2,7-10,12,14,19,28H,3-6,11H2,(H,25,29). The highest BCUT2D eigenvalue weighted by Crippen LogP contribution is 2.32. The zero-order valence-corrected chi connectivity index (χ0v) is 15.6. The van der Waals surface area contributed by atoms with Crippen molar-refractivity contribution in [2.75, 3.05) is 11.9 Å². The van der Waals surface area contributed by atoms with Crippen LogP contribution in [0.15, 0.2) is 36.8 Å². The van der Waals surface area contributed by atoms with Gasteiger partial charge in [-0.1, -0.05) is 0 Å². The van der Waals surface area contributed by atoms with E-state index in [1.807, 2.05) is 10.9 Å². The first-order valence-electron chi connectivity index (χ1n) is 9.55. The third-order valence-corrected chi connectivity index (χ3v) is 5.39. The Kier molecular flexibility index (Phi) is 5.48. The van der Waals surface area contributed by atoms with Crippen molar-refractivity contribution in [2.24, 2.45) is 5.92 Å². The predicted molar refractivity (Wildman–Crippen MR) is 103 cm³/mol. The summed E-state index contributed by atoms with van der Waals surface area (Å²) < 4.78 is 28.1. The van der Waals surface area contributed by atoms with Crippen LogP contribution < -0.4 is 5.32 Å². The Balaban J connectivity index is 1.52. The second kappa shape index (κ2) is 8.20. The average molecular weight is 401 g/mol. The third kappa shape index (κ3) is 4.09. The predicted octanol–water partition coefficient (Wildman–Crippen LogP) is 3.74. The number of anilines is 1. The van der Waals surface area contributed by atoms with Gasteiger partial charge in [0.25, 0.3) is 12.3 Å². The van der Waals surface area contributed by atoms with Gasteiger partial charge in [0, 0.05) is 30.0 Å². The van der Waals surface area contributed by atoms with Gasteiger partial charge in [-0.2, -0.15) is 5.10 Å². The number of aromatic nitrogens is 4. The van der Waals surface area contributed by atoms with Gasteiger partial charge in [-0.15, -0.1) is 0 Å². The van der Waals surface area contributed by atoms with Crippen LogP contribution in [-0.4, -0.2) is 37.4 Å². The van der Waals surface area contributed by atoms with E-state index in [1.54, 1.807) is 12.3 Å². The monoisotopic (exact) mass is 401 g/mol. The maximum atomic E-state index is 13.1. The summed E-state index contributed by atoms with van der Waals surface area (Å²) in [5, 5.41) is 17.2. The number of amides is 1. The quantitative estimate of drug-likeness (QED) is 0.679. The first-order valence-corrected chi connectivity index (χ1v) is 9.55. The average Bonchev–Trinajstić information content (AvgIpc) is 3.17. The molecule has 3 heterocycles. The highest BCUT2D eigenvalue weighted by Gasteiger charge is 2.23. The van der Waals surface area contributed by atoms with Gasteiger partial charge in [0.1, 0.15) is 17.0 Å². The van der Waals surface area contributed by atoms with Crippen molar-refractivity contribution in [3.63, 3.8) is 0 Å². The number of pyridine rings is 2. The molecule has 9 heteroatoms. The number of nitrogens with zero attached hydrogens (tertiary/aromatic N) is 4. The number of fused-ring (bicyclic) bond motifs is 1. The molecule has 1 saturated carbocycles. The van der Waals surface area contributed by atoms with E-state index in [9.17, 15) is 18.7 Å². The maximum Gasteiger partial charge on any atom is 0.275 e. The number of hydrogen-bond acceptors (Lipinski definition) is 5. The fourth-order valence-electron chi connectivity index (χ4n) is 3.75. The van der Waals surface area contributed by atoms with Crippen molar-refractivity contribution in [1.29, 1.82) is 0 Å². The summed E-state index contributed by atoms with van der Waals surface area (Å²) in [5.74, 6) is -0.121. The van der Waals surface area contributed by atoms with E-state index in [-0.39, 0.29) is 24.2 Å². The fraction of sp³-hybridized carbons (Fsp3) is 0.400. The van der Waals surface area contributed by atoms with Crippen molar-refractivity contribution in [3.05, 3.63) is 48.0 Å². The van der Waals surface area contributed by atoms with Crippen molar-refractivity contribution in [3.8, 4) is 0 Å². The lowest BCUT2D eigenvalue weighted by atomic mass is 9.87. The van der Waals surface area contributed by atoms with Crippen LogP contribution in [0, 0.1) is 5.92 Å². The van der Waals surface area contributed by atoms with Crippen LogP contribution in [0.1, 0.15) is 54.2 Å². The molecule has 0 unspecified atom stereocenters. The zero-order valence-electron chi connectivity index (χ0n) is 15.6. The molecule has 0 radical (unpaired) electrons.